The first-order chi connectivity index (χ1) is 8.89. The summed E-state index contributed by atoms with van der Waals surface area (Å²) in [6.45, 7) is 1.87. The summed E-state index contributed by atoms with van der Waals surface area (Å²) >= 11 is 0. The molecule has 6 nitrogen and oxygen atoms in total. The minimum absolute atomic E-state index is 0.329. The van der Waals surface area contributed by atoms with E-state index in [0.717, 1.165) is 5.56 Å². The van der Waals surface area contributed by atoms with E-state index in [2.05, 4.69) is 9.71 Å². The van der Waals surface area contributed by atoms with Gasteiger partial charge >= 0.3 is 5.97 Å². The minimum Gasteiger partial charge on any atom is -0.480 e. The number of fused-ring (bicyclic) bond motifs is 1. The van der Waals surface area contributed by atoms with E-state index < -0.39 is 21.7 Å². The van der Waals surface area contributed by atoms with Crippen molar-refractivity contribution in [3.05, 3.63) is 36.0 Å². The van der Waals surface area contributed by atoms with Crippen molar-refractivity contribution >= 4 is 32.6 Å². The van der Waals surface area contributed by atoms with Gasteiger partial charge in [0.1, 0.15) is 0 Å². The molecule has 0 saturated heterocycles. The van der Waals surface area contributed by atoms with Crippen molar-refractivity contribution in [2.24, 2.45) is 0 Å². The third kappa shape index (κ3) is 3.00. The van der Waals surface area contributed by atoms with Crippen molar-refractivity contribution in [1.82, 2.24) is 4.98 Å². The Labute approximate surface area is 110 Å². The van der Waals surface area contributed by atoms with Crippen molar-refractivity contribution < 1.29 is 18.3 Å². The molecule has 0 spiro atoms. The fourth-order valence-corrected chi connectivity index (χ4v) is 2.68. The van der Waals surface area contributed by atoms with Crippen LogP contribution in [-0.2, 0) is 14.8 Å². The standard InChI is InChI=1S/C12H12N2O4S/c1-8-4-5-10(9-3-2-6-13-12(8)9)14-19(17,18)7-11(15)16/h2-6,14H,7H2,1H3,(H,15,16). The summed E-state index contributed by atoms with van der Waals surface area (Å²) in [5, 5.41) is 9.19. The Morgan fingerprint density at radius 2 is 2.11 bits per heavy atom. The molecule has 1 aromatic carbocycles. The number of nitrogens with one attached hydrogen (secondary N) is 1. The van der Waals surface area contributed by atoms with Crippen LogP contribution in [0.25, 0.3) is 10.9 Å². The molecule has 0 bridgehead atoms. The van der Waals surface area contributed by atoms with Gasteiger partial charge in [-0.2, -0.15) is 0 Å². The summed E-state index contributed by atoms with van der Waals surface area (Å²) in [6.07, 6.45) is 1.62. The van der Waals surface area contributed by atoms with Crippen LogP contribution in [0.15, 0.2) is 30.5 Å². The van der Waals surface area contributed by atoms with Crippen LogP contribution < -0.4 is 4.72 Å². The van der Waals surface area contributed by atoms with Gasteiger partial charge in [-0.3, -0.25) is 14.5 Å². The molecule has 0 aliphatic rings. The Morgan fingerprint density at radius 3 is 2.79 bits per heavy atom. The van der Waals surface area contributed by atoms with Gasteiger partial charge in [0, 0.05) is 11.6 Å². The second-order valence-electron chi connectivity index (χ2n) is 4.08. The molecule has 0 radical (unpaired) electrons. The van der Waals surface area contributed by atoms with Crippen LogP contribution in [0.3, 0.4) is 0 Å². The number of aliphatic carboxylic acids is 1. The zero-order valence-corrected chi connectivity index (χ0v) is 10.9. The lowest BCUT2D eigenvalue weighted by molar-refractivity contribution is -0.134. The fraction of sp³-hybridized carbons (Fsp3) is 0.167. The molecule has 19 heavy (non-hydrogen) atoms. The molecule has 2 rings (SSSR count). The van der Waals surface area contributed by atoms with Crippen molar-refractivity contribution in [2.45, 2.75) is 6.92 Å². The highest BCUT2D eigenvalue weighted by molar-refractivity contribution is 7.93. The van der Waals surface area contributed by atoms with Crippen molar-refractivity contribution in [2.75, 3.05) is 10.5 Å². The molecular weight excluding hydrogens is 268 g/mol. The highest BCUT2D eigenvalue weighted by Gasteiger charge is 2.17. The van der Waals surface area contributed by atoms with Gasteiger partial charge in [0.25, 0.3) is 0 Å². The van der Waals surface area contributed by atoms with E-state index in [0.29, 0.717) is 16.6 Å². The number of carbonyl (C=O) groups is 1. The lowest BCUT2D eigenvalue weighted by Crippen LogP contribution is -2.22. The number of carboxylic acids is 1. The smallest absolute Gasteiger partial charge is 0.320 e. The highest BCUT2D eigenvalue weighted by Crippen LogP contribution is 2.25. The number of sulfonamides is 1. The maximum atomic E-state index is 11.6. The maximum Gasteiger partial charge on any atom is 0.320 e. The molecule has 0 unspecified atom stereocenters. The normalized spacial score (nSPS) is 11.4. The van der Waals surface area contributed by atoms with Crippen LogP contribution in [-0.4, -0.2) is 30.2 Å². The van der Waals surface area contributed by atoms with Crippen LogP contribution >= 0.6 is 0 Å². The molecule has 0 amide bonds. The third-order valence-electron chi connectivity index (χ3n) is 2.55. The largest absolute Gasteiger partial charge is 0.480 e. The van der Waals surface area contributed by atoms with Gasteiger partial charge in [0.15, 0.2) is 5.75 Å². The van der Waals surface area contributed by atoms with Crippen LogP contribution in [0.1, 0.15) is 5.56 Å². The Morgan fingerprint density at radius 1 is 1.37 bits per heavy atom. The number of nitrogens with zero attached hydrogens (tertiary/aromatic N) is 1. The number of rotatable bonds is 4. The molecule has 1 heterocycles. The lowest BCUT2D eigenvalue weighted by Gasteiger charge is -2.10. The molecule has 2 aromatic rings. The number of benzene rings is 1. The molecule has 2 N–H and O–H groups in total. The van der Waals surface area contributed by atoms with Crippen LogP contribution in [0.2, 0.25) is 0 Å². The summed E-state index contributed by atoms with van der Waals surface area (Å²) in [4.78, 5) is 14.7. The summed E-state index contributed by atoms with van der Waals surface area (Å²) in [5.74, 6) is -2.37. The lowest BCUT2D eigenvalue weighted by atomic mass is 10.1. The molecular formula is C12H12N2O4S. The van der Waals surface area contributed by atoms with Crippen LogP contribution in [0, 0.1) is 6.92 Å². The van der Waals surface area contributed by atoms with Gasteiger partial charge < -0.3 is 5.11 Å². The van der Waals surface area contributed by atoms with E-state index in [-0.39, 0.29) is 0 Å². The Balaban J connectivity index is 2.47. The first-order valence-electron chi connectivity index (χ1n) is 5.46. The summed E-state index contributed by atoms with van der Waals surface area (Å²) < 4.78 is 25.5. The van der Waals surface area contributed by atoms with Crippen molar-refractivity contribution in [3.63, 3.8) is 0 Å². The first-order valence-corrected chi connectivity index (χ1v) is 7.11. The SMILES string of the molecule is Cc1ccc(NS(=O)(=O)CC(=O)O)c2cccnc12. The molecule has 1 aromatic heterocycles. The molecule has 0 fully saturated rings. The maximum absolute atomic E-state index is 11.6. The number of hydrogen-bond acceptors (Lipinski definition) is 4. The Kier molecular flexibility index (Phi) is 3.39. The fourth-order valence-electron chi connectivity index (χ4n) is 1.77. The molecule has 100 valence electrons. The number of aromatic nitrogens is 1. The second-order valence-corrected chi connectivity index (χ2v) is 5.81. The zero-order valence-electron chi connectivity index (χ0n) is 10.1. The number of carboxylic acid groups (broad SMARTS) is 1. The van der Waals surface area contributed by atoms with Crippen molar-refractivity contribution in [3.8, 4) is 0 Å². The number of pyridine rings is 1. The van der Waals surface area contributed by atoms with E-state index in [1.807, 2.05) is 6.92 Å². The monoisotopic (exact) mass is 280 g/mol. The second kappa shape index (κ2) is 4.85. The summed E-state index contributed by atoms with van der Waals surface area (Å²) in [6, 6.07) is 6.75. The quantitative estimate of drug-likeness (QED) is 0.881. The number of hydrogen-bond donors (Lipinski definition) is 2. The predicted molar refractivity (Wildman–Crippen MR) is 71.5 cm³/mol. The van der Waals surface area contributed by atoms with E-state index in [1.54, 1.807) is 30.5 Å². The van der Waals surface area contributed by atoms with Gasteiger partial charge in [-0.15, -0.1) is 0 Å². The highest BCUT2D eigenvalue weighted by atomic mass is 32.2. The van der Waals surface area contributed by atoms with Gasteiger partial charge in [0.05, 0.1) is 11.2 Å². The van der Waals surface area contributed by atoms with E-state index in [9.17, 15) is 13.2 Å². The first kappa shape index (κ1) is 13.3. The summed E-state index contributed by atoms with van der Waals surface area (Å²) in [5.41, 5.74) is 1.92. The topological polar surface area (TPSA) is 96.4 Å². The van der Waals surface area contributed by atoms with Gasteiger partial charge in [0.2, 0.25) is 10.0 Å². The zero-order chi connectivity index (χ0) is 14.0. The number of aryl methyl sites for hydroxylation is 1. The Hall–Kier alpha value is -2.15. The number of anilines is 1. The van der Waals surface area contributed by atoms with E-state index in [4.69, 9.17) is 5.11 Å². The predicted octanol–water partition coefficient (Wildman–Crippen LogP) is 1.37. The van der Waals surface area contributed by atoms with E-state index >= 15 is 0 Å². The molecule has 0 aliphatic carbocycles. The van der Waals surface area contributed by atoms with Crippen molar-refractivity contribution in [1.29, 1.82) is 0 Å². The van der Waals surface area contributed by atoms with Gasteiger partial charge in [-0.1, -0.05) is 6.07 Å². The molecule has 0 atom stereocenters. The molecule has 0 aliphatic heterocycles. The van der Waals surface area contributed by atoms with Gasteiger partial charge in [-0.05, 0) is 30.7 Å². The van der Waals surface area contributed by atoms with E-state index in [1.165, 1.54) is 0 Å². The Bertz CT molecular complexity index is 740. The molecule has 0 saturated carbocycles. The van der Waals surface area contributed by atoms with Crippen LogP contribution in [0.4, 0.5) is 5.69 Å². The minimum atomic E-state index is -3.92. The average molecular weight is 280 g/mol. The van der Waals surface area contributed by atoms with Crippen LogP contribution in [0.5, 0.6) is 0 Å². The summed E-state index contributed by atoms with van der Waals surface area (Å²) in [7, 11) is -3.92. The average Bonchev–Trinajstić information content (AvgIpc) is 2.31. The molecule has 7 heteroatoms. The third-order valence-corrected chi connectivity index (χ3v) is 3.71. The van der Waals surface area contributed by atoms with Gasteiger partial charge in [-0.25, -0.2) is 8.42 Å².